The molecule has 0 saturated carbocycles. The molecule has 1 aromatic carbocycles. The fraction of sp³-hybridized carbons (Fsp3) is 0.364. The van der Waals surface area contributed by atoms with Gasteiger partial charge in [-0.1, -0.05) is 12.1 Å². The molecule has 8 heteroatoms. The van der Waals surface area contributed by atoms with E-state index in [-0.39, 0.29) is 6.54 Å². The summed E-state index contributed by atoms with van der Waals surface area (Å²) in [6.07, 6.45) is 0. The van der Waals surface area contributed by atoms with Crippen LogP contribution in [0.2, 0.25) is 0 Å². The predicted molar refractivity (Wildman–Crippen MR) is 66.5 cm³/mol. The van der Waals surface area contributed by atoms with Gasteiger partial charge in [0.05, 0.1) is 13.2 Å². The van der Waals surface area contributed by atoms with Crippen LogP contribution in [0.4, 0.5) is 4.39 Å². The number of halogens is 1. The van der Waals surface area contributed by atoms with Gasteiger partial charge in [-0.25, -0.2) is 17.5 Å². The van der Waals surface area contributed by atoms with Crippen LogP contribution >= 0.6 is 0 Å². The van der Waals surface area contributed by atoms with E-state index in [0.29, 0.717) is 6.61 Å². The van der Waals surface area contributed by atoms with Crippen LogP contribution in [0.25, 0.3) is 0 Å². The summed E-state index contributed by atoms with van der Waals surface area (Å²) in [5, 5.41) is 2.44. The van der Waals surface area contributed by atoms with Crippen molar-refractivity contribution in [1.82, 2.24) is 10.0 Å². The molecule has 0 aromatic heterocycles. The van der Waals surface area contributed by atoms with Crippen molar-refractivity contribution in [2.75, 3.05) is 26.8 Å². The molecule has 0 aliphatic rings. The van der Waals surface area contributed by atoms with E-state index < -0.39 is 33.2 Å². The number of hydrogen-bond donors (Lipinski definition) is 2. The second-order valence-corrected chi connectivity index (χ2v) is 5.33. The number of ether oxygens (including phenoxy) is 1. The molecule has 1 rings (SSSR count). The van der Waals surface area contributed by atoms with E-state index in [2.05, 4.69) is 5.32 Å². The first-order chi connectivity index (χ1) is 8.97. The summed E-state index contributed by atoms with van der Waals surface area (Å²) in [5.74, 6) is -1.38. The lowest BCUT2D eigenvalue weighted by Gasteiger charge is -2.08. The Balaban J connectivity index is 2.57. The molecule has 0 heterocycles. The summed E-state index contributed by atoms with van der Waals surface area (Å²) >= 11 is 0. The van der Waals surface area contributed by atoms with Crippen molar-refractivity contribution in [2.45, 2.75) is 4.90 Å². The van der Waals surface area contributed by atoms with Crippen molar-refractivity contribution >= 4 is 15.9 Å². The third kappa shape index (κ3) is 4.93. The van der Waals surface area contributed by atoms with Crippen LogP contribution in [0.5, 0.6) is 0 Å². The SMILES string of the molecule is COCCNC(=O)CNS(=O)(=O)c1ccccc1F. The first kappa shape index (κ1) is 15.5. The molecule has 19 heavy (non-hydrogen) atoms. The lowest BCUT2D eigenvalue weighted by atomic mass is 10.4. The van der Waals surface area contributed by atoms with E-state index in [9.17, 15) is 17.6 Å². The maximum absolute atomic E-state index is 13.3. The minimum Gasteiger partial charge on any atom is -0.383 e. The highest BCUT2D eigenvalue weighted by molar-refractivity contribution is 7.89. The van der Waals surface area contributed by atoms with Gasteiger partial charge in [0.1, 0.15) is 10.7 Å². The van der Waals surface area contributed by atoms with Crippen molar-refractivity contribution in [3.05, 3.63) is 30.1 Å². The summed E-state index contributed by atoms with van der Waals surface area (Å²) in [5.41, 5.74) is 0. The Morgan fingerprint density at radius 1 is 1.37 bits per heavy atom. The van der Waals surface area contributed by atoms with Gasteiger partial charge < -0.3 is 10.1 Å². The second kappa shape index (κ2) is 7.17. The molecule has 0 fully saturated rings. The highest BCUT2D eigenvalue weighted by Crippen LogP contribution is 2.12. The van der Waals surface area contributed by atoms with E-state index in [1.165, 1.54) is 19.2 Å². The minimum atomic E-state index is -4.03. The molecule has 1 aromatic rings. The normalized spacial score (nSPS) is 11.3. The fourth-order valence-corrected chi connectivity index (χ4v) is 2.32. The molecule has 1 amide bonds. The molecule has 0 aliphatic carbocycles. The number of methoxy groups -OCH3 is 1. The van der Waals surface area contributed by atoms with Gasteiger partial charge in [0.15, 0.2) is 0 Å². The summed E-state index contributed by atoms with van der Waals surface area (Å²) < 4.78 is 43.5. The zero-order valence-electron chi connectivity index (χ0n) is 10.3. The molecule has 0 bridgehead atoms. The van der Waals surface area contributed by atoms with Crippen molar-refractivity contribution in [3.63, 3.8) is 0 Å². The maximum Gasteiger partial charge on any atom is 0.243 e. The average molecular weight is 290 g/mol. The third-order valence-corrected chi connectivity index (χ3v) is 3.61. The third-order valence-electron chi connectivity index (χ3n) is 2.18. The van der Waals surface area contributed by atoms with Crippen LogP contribution in [0.3, 0.4) is 0 Å². The molecule has 2 N–H and O–H groups in total. The Labute approximate surface area is 111 Å². The zero-order valence-corrected chi connectivity index (χ0v) is 11.2. The monoisotopic (exact) mass is 290 g/mol. The van der Waals surface area contributed by atoms with E-state index in [4.69, 9.17) is 4.74 Å². The molecule has 0 unspecified atom stereocenters. The first-order valence-corrected chi connectivity index (χ1v) is 6.95. The number of sulfonamides is 1. The Bertz CT molecular complexity index is 533. The molecular formula is C11H15FN2O4S. The summed E-state index contributed by atoms with van der Waals surface area (Å²) in [6, 6.07) is 4.94. The molecular weight excluding hydrogens is 275 g/mol. The highest BCUT2D eigenvalue weighted by Gasteiger charge is 2.18. The number of carbonyl (C=O) groups excluding carboxylic acids is 1. The molecule has 106 valence electrons. The van der Waals surface area contributed by atoms with Gasteiger partial charge in [-0.15, -0.1) is 0 Å². The van der Waals surface area contributed by atoms with Gasteiger partial charge in [0, 0.05) is 13.7 Å². The highest BCUT2D eigenvalue weighted by atomic mass is 32.2. The van der Waals surface area contributed by atoms with E-state index in [1.54, 1.807) is 0 Å². The summed E-state index contributed by atoms with van der Waals surface area (Å²) in [7, 11) is -2.55. The smallest absolute Gasteiger partial charge is 0.243 e. The van der Waals surface area contributed by atoms with Crippen molar-refractivity contribution in [3.8, 4) is 0 Å². The second-order valence-electron chi connectivity index (χ2n) is 3.60. The van der Waals surface area contributed by atoms with Crippen LogP contribution in [0, 0.1) is 5.82 Å². The largest absolute Gasteiger partial charge is 0.383 e. The van der Waals surface area contributed by atoms with Crippen LogP contribution in [0.15, 0.2) is 29.2 Å². The van der Waals surface area contributed by atoms with Gasteiger partial charge in [0.25, 0.3) is 0 Å². The van der Waals surface area contributed by atoms with Crippen molar-refractivity contribution < 1.29 is 22.3 Å². The van der Waals surface area contributed by atoms with Crippen molar-refractivity contribution in [1.29, 1.82) is 0 Å². The lowest BCUT2D eigenvalue weighted by molar-refractivity contribution is -0.120. The van der Waals surface area contributed by atoms with E-state index in [0.717, 1.165) is 12.1 Å². The van der Waals surface area contributed by atoms with E-state index in [1.807, 2.05) is 4.72 Å². The topological polar surface area (TPSA) is 84.5 Å². The average Bonchev–Trinajstić information content (AvgIpc) is 2.37. The molecule has 0 aliphatic heterocycles. The van der Waals surface area contributed by atoms with Crippen LogP contribution in [0.1, 0.15) is 0 Å². The number of nitrogens with one attached hydrogen (secondary N) is 2. The van der Waals surface area contributed by atoms with Crippen LogP contribution in [-0.2, 0) is 19.6 Å². The zero-order chi connectivity index (χ0) is 14.3. The van der Waals surface area contributed by atoms with Crippen molar-refractivity contribution in [2.24, 2.45) is 0 Å². The Kier molecular flexibility index (Phi) is 5.87. The van der Waals surface area contributed by atoms with Gasteiger partial charge in [-0.05, 0) is 12.1 Å². The lowest BCUT2D eigenvalue weighted by Crippen LogP contribution is -2.38. The number of carbonyl (C=O) groups is 1. The summed E-state index contributed by atoms with van der Waals surface area (Å²) in [6.45, 7) is 0.142. The van der Waals surface area contributed by atoms with Crippen LogP contribution in [-0.4, -0.2) is 41.1 Å². The quantitative estimate of drug-likeness (QED) is 0.685. The number of amides is 1. The Morgan fingerprint density at radius 3 is 2.68 bits per heavy atom. The number of hydrogen-bond acceptors (Lipinski definition) is 4. The summed E-state index contributed by atoms with van der Waals surface area (Å²) in [4.78, 5) is 10.8. The van der Waals surface area contributed by atoms with E-state index >= 15 is 0 Å². The fourth-order valence-electron chi connectivity index (χ4n) is 1.26. The molecule has 0 saturated heterocycles. The standard InChI is InChI=1S/C11H15FN2O4S/c1-18-7-6-13-11(15)8-14-19(16,17)10-5-3-2-4-9(10)12/h2-5,14H,6-8H2,1H3,(H,13,15). The molecule has 0 spiro atoms. The van der Waals surface area contributed by atoms with Gasteiger partial charge in [0.2, 0.25) is 15.9 Å². The minimum absolute atomic E-state index is 0.275. The molecule has 0 radical (unpaired) electrons. The maximum atomic E-state index is 13.3. The molecule has 0 atom stereocenters. The Hall–Kier alpha value is -1.51. The number of rotatable bonds is 7. The first-order valence-electron chi connectivity index (χ1n) is 5.47. The predicted octanol–water partition coefficient (Wildman–Crippen LogP) is -0.133. The molecule has 6 nitrogen and oxygen atoms in total. The van der Waals surface area contributed by atoms with Gasteiger partial charge in [-0.3, -0.25) is 4.79 Å². The number of benzene rings is 1. The van der Waals surface area contributed by atoms with Gasteiger partial charge >= 0.3 is 0 Å². The van der Waals surface area contributed by atoms with Crippen LogP contribution < -0.4 is 10.0 Å². The van der Waals surface area contributed by atoms with Gasteiger partial charge in [-0.2, -0.15) is 0 Å². The Morgan fingerprint density at radius 2 is 2.05 bits per heavy atom.